The number of isocyanates is 2. The van der Waals surface area contributed by atoms with Crippen LogP contribution in [0.5, 0.6) is 0 Å². The number of hydrogen-bond donors (Lipinski definition) is 0. The standard InChI is InChI=1S/C12H17N2O2/c1-11(2)4-10(14-9-16)5-12(3,6-11)7-13-8-15/h7,10H,4-6H2,1-3H3/q+1. The molecular formula is C12H17N2O2+. The first-order valence-electron chi connectivity index (χ1n) is 5.39. The summed E-state index contributed by atoms with van der Waals surface area (Å²) in [5.41, 5.74) is -0.100. The summed E-state index contributed by atoms with van der Waals surface area (Å²) in [4.78, 5) is 24.3. The molecule has 2 unspecified atom stereocenters. The maximum Gasteiger partial charge on any atom is 0.567 e. The van der Waals surface area contributed by atoms with Crippen molar-refractivity contribution in [1.82, 2.24) is 4.67 Å². The highest BCUT2D eigenvalue weighted by molar-refractivity contribution is 5.67. The van der Waals surface area contributed by atoms with E-state index in [1.54, 1.807) is 12.3 Å². The second kappa shape index (κ2) is 4.59. The fraction of sp³-hybridized carbons (Fsp3) is 0.750. The van der Waals surface area contributed by atoms with Gasteiger partial charge in [0.1, 0.15) is 0 Å². The van der Waals surface area contributed by atoms with Crippen LogP contribution in [0, 0.1) is 10.8 Å². The molecule has 0 amide bonds. The number of hydrogen-bond acceptors (Lipinski definition) is 3. The fourth-order valence-electron chi connectivity index (χ4n) is 2.93. The van der Waals surface area contributed by atoms with Gasteiger partial charge < -0.3 is 0 Å². The molecule has 86 valence electrons. The number of nitrogens with zero attached hydrogens (tertiary/aromatic N) is 2. The molecule has 0 aromatic rings. The predicted octanol–water partition coefficient (Wildman–Crippen LogP) is 1.38. The zero-order chi connectivity index (χ0) is 12.2. The van der Waals surface area contributed by atoms with Crippen molar-refractivity contribution in [1.29, 1.82) is 0 Å². The Hall–Kier alpha value is -1.46. The Bertz CT molecular complexity index is 397. The zero-order valence-corrected chi connectivity index (χ0v) is 9.99. The van der Waals surface area contributed by atoms with Crippen LogP contribution in [0.2, 0.25) is 0 Å². The van der Waals surface area contributed by atoms with Crippen LogP contribution in [-0.2, 0) is 9.59 Å². The average Bonchev–Trinajstić information content (AvgIpc) is 2.12. The smallest absolute Gasteiger partial charge is 0.211 e. The van der Waals surface area contributed by atoms with E-state index in [-0.39, 0.29) is 16.9 Å². The van der Waals surface area contributed by atoms with Gasteiger partial charge in [-0.25, -0.2) is 9.79 Å². The van der Waals surface area contributed by atoms with Crippen molar-refractivity contribution in [3.8, 4) is 0 Å². The van der Waals surface area contributed by atoms with E-state index in [9.17, 15) is 9.59 Å². The summed E-state index contributed by atoms with van der Waals surface area (Å²) < 4.78 is 3.56. The Morgan fingerprint density at radius 1 is 1.31 bits per heavy atom. The highest BCUT2D eigenvalue weighted by atomic mass is 16.1. The van der Waals surface area contributed by atoms with Crippen LogP contribution < -0.4 is 4.67 Å². The van der Waals surface area contributed by atoms with Gasteiger partial charge in [0.25, 0.3) is 6.21 Å². The number of rotatable bonds is 2. The Balaban J connectivity index is 2.99. The topological polar surface area (TPSA) is 60.6 Å². The van der Waals surface area contributed by atoms with Gasteiger partial charge in [-0.3, -0.25) is 0 Å². The first-order chi connectivity index (χ1) is 7.41. The lowest BCUT2D eigenvalue weighted by Crippen LogP contribution is -2.39. The Kier molecular flexibility index (Phi) is 3.62. The average molecular weight is 221 g/mol. The van der Waals surface area contributed by atoms with Crippen LogP contribution in [0.25, 0.3) is 0 Å². The lowest BCUT2D eigenvalue weighted by Gasteiger charge is -2.40. The van der Waals surface area contributed by atoms with Crippen LogP contribution in [0.3, 0.4) is 0 Å². The van der Waals surface area contributed by atoms with Crippen LogP contribution in [0.4, 0.5) is 0 Å². The molecule has 0 aliphatic heterocycles. The van der Waals surface area contributed by atoms with Gasteiger partial charge in [-0.1, -0.05) is 13.8 Å². The summed E-state index contributed by atoms with van der Waals surface area (Å²) in [6.07, 6.45) is 7.31. The van der Waals surface area contributed by atoms with Crippen molar-refractivity contribution < 1.29 is 9.59 Å². The molecular weight excluding hydrogens is 204 g/mol. The minimum Gasteiger partial charge on any atom is -0.211 e. The van der Waals surface area contributed by atoms with E-state index < -0.39 is 0 Å². The third-order valence-electron chi connectivity index (χ3n) is 3.04. The highest BCUT2D eigenvalue weighted by Crippen LogP contribution is 2.45. The largest absolute Gasteiger partial charge is 0.567 e. The zero-order valence-electron chi connectivity index (χ0n) is 9.99. The number of aliphatic imine (C=N–C) groups is 1. The van der Waals surface area contributed by atoms with Gasteiger partial charge in [-0.2, -0.15) is 0 Å². The van der Waals surface area contributed by atoms with Crippen molar-refractivity contribution in [2.45, 2.75) is 46.1 Å². The summed E-state index contributed by atoms with van der Waals surface area (Å²) in [5.74, 6) is 0. The molecule has 0 aromatic heterocycles. The minimum absolute atomic E-state index is 0.0237. The SMILES string of the molecule is CC1(C)CC(N=C=O)CC(C)(C=[N+]=C=O)C1. The molecule has 4 nitrogen and oxygen atoms in total. The lowest BCUT2D eigenvalue weighted by molar-refractivity contribution is 0.138. The third-order valence-corrected chi connectivity index (χ3v) is 3.04. The second-order valence-corrected chi connectivity index (χ2v) is 5.63. The van der Waals surface area contributed by atoms with Crippen molar-refractivity contribution in [3.05, 3.63) is 0 Å². The molecule has 0 aromatic carbocycles. The molecule has 0 spiro atoms. The Labute approximate surface area is 95.2 Å². The Morgan fingerprint density at radius 3 is 2.56 bits per heavy atom. The van der Waals surface area contributed by atoms with E-state index in [0.29, 0.717) is 0 Å². The molecule has 0 heterocycles. The minimum atomic E-state index is -0.190. The molecule has 1 saturated carbocycles. The van der Waals surface area contributed by atoms with E-state index in [0.717, 1.165) is 19.3 Å². The van der Waals surface area contributed by atoms with E-state index in [1.165, 1.54) is 6.08 Å². The van der Waals surface area contributed by atoms with Gasteiger partial charge >= 0.3 is 6.08 Å². The molecule has 2 atom stereocenters. The highest BCUT2D eigenvalue weighted by Gasteiger charge is 2.43. The first-order valence-corrected chi connectivity index (χ1v) is 5.39. The second-order valence-electron chi connectivity index (χ2n) is 5.63. The van der Waals surface area contributed by atoms with Gasteiger partial charge in [-0.15, -0.1) is 4.79 Å². The molecule has 0 saturated heterocycles. The lowest BCUT2D eigenvalue weighted by atomic mass is 9.63. The van der Waals surface area contributed by atoms with Crippen molar-refractivity contribution >= 4 is 18.4 Å². The molecule has 1 fully saturated rings. The molecule has 4 heteroatoms. The Morgan fingerprint density at radius 2 is 2.00 bits per heavy atom. The predicted molar refractivity (Wildman–Crippen MR) is 61.5 cm³/mol. The van der Waals surface area contributed by atoms with Gasteiger partial charge in [0, 0.05) is 4.67 Å². The summed E-state index contributed by atoms with van der Waals surface area (Å²) in [7, 11) is 0. The van der Waals surface area contributed by atoms with Gasteiger partial charge in [0.05, 0.1) is 11.5 Å². The van der Waals surface area contributed by atoms with Gasteiger partial charge in [0.15, 0.2) is 0 Å². The molecule has 16 heavy (non-hydrogen) atoms. The van der Waals surface area contributed by atoms with E-state index in [4.69, 9.17) is 0 Å². The monoisotopic (exact) mass is 221 g/mol. The van der Waals surface area contributed by atoms with Crippen LogP contribution >= 0.6 is 0 Å². The molecule has 0 N–H and O–H groups in total. The van der Waals surface area contributed by atoms with E-state index in [2.05, 4.69) is 23.5 Å². The van der Waals surface area contributed by atoms with Gasteiger partial charge in [-0.05, 0) is 31.6 Å². The maximum atomic E-state index is 10.3. The number of carbonyl (C=O) groups excluding carboxylic acids is 2. The molecule has 1 aliphatic rings. The van der Waals surface area contributed by atoms with E-state index >= 15 is 0 Å². The summed E-state index contributed by atoms with van der Waals surface area (Å²) in [5, 5.41) is 0. The van der Waals surface area contributed by atoms with Gasteiger partial charge in [0.2, 0.25) is 6.08 Å². The first kappa shape index (κ1) is 12.6. The maximum absolute atomic E-state index is 10.3. The van der Waals surface area contributed by atoms with Crippen molar-refractivity contribution in [2.24, 2.45) is 15.8 Å². The van der Waals surface area contributed by atoms with Crippen LogP contribution in [0.1, 0.15) is 40.0 Å². The quantitative estimate of drug-likeness (QED) is 0.402. The summed E-state index contributed by atoms with van der Waals surface area (Å²) >= 11 is 0. The normalized spacial score (nSPS) is 31.8. The molecule has 1 rings (SSSR count). The van der Waals surface area contributed by atoms with Crippen LogP contribution in [-0.4, -0.2) is 24.4 Å². The fourth-order valence-corrected chi connectivity index (χ4v) is 2.93. The molecule has 0 bridgehead atoms. The molecule has 0 radical (unpaired) electrons. The van der Waals surface area contributed by atoms with Crippen LogP contribution in [0.15, 0.2) is 4.99 Å². The third kappa shape index (κ3) is 3.29. The summed E-state index contributed by atoms with van der Waals surface area (Å²) in [6.45, 7) is 6.30. The molecule has 1 aliphatic carbocycles. The van der Waals surface area contributed by atoms with E-state index in [1.807, 2.05) is 6.92 Å². The summed E-state index contributed by atoms with van der Waals surface area (Å²) in [6, 6.07) is -0.0237. The van der Waals surface area contributed by atoms with Crippen molar-refractivity contribution in [3.63, 3.8) is 0 Å². The van der Waals surface area contributed by atoms with Crippen molar-refractivity contribution in [2.75, 3.05) is 0 Å².